The largest absolute Gasteiger partial charge is 0.459 e. The summed E-state index contributed by atoms with van der Waals surface area (Å²) < 4.78 is 5.01. The summed E-state index contributed by atoms with van der Waals surface area (Å²) in [7, 11) is 0. The summed E-state index contributed by atoms with van der Waals surface area (Å²) in [5, 5.41) is 0. The van der Waals surface area contributed by atoms with Gasteiger partial charge in [-0.15, -0.1) is 0 Å². The number of carbonyl (C=O) groups excluding carboxylic acids is 2. The van der Waals surface area contributed by atoms with Crippen LogP contribution in [0.5, 0.6) is 0 Å². The number of hydrogen-bond donors (Lipinski definition) is 0. The van der Waals surface area contributed by atoms with E-state index in [1.807, 2.05) is 13.8 Å². The van der Waals surface area contributed by atoms with Gasteiger partial charge >= 0.3 is 5.97 Å². The van der Waals surface area contributed by atoms with Crippen molar-refractivity contribution >= 4 is 11.8 Å². The van der Waals surface area contributed by atoms with E-state index in [2.05, 4.69) is 0 Å². The predicted molar refractivity (Wildman–Crippen MR) is 39.0 cm³/mol. The molecule has 11 heavy (non-hydrogen) atoms. The van der Waals surface area contributed by atoms with Gasteiger partial charge in [0.1, 0.15) is 17.8 Å². The molecule has 0 spiro atoms. The second-order valence-corrected chi connectivity index (χ2v) is 3.45. The van der Waals surface area contributed by atoms with Crippen LogP contribution in [0.25, 0.3) is 0 Å². The molecule has 1 aliphatic rings. The van der Waals surface area contributed by atoms with Crippen LogP contribution in [0.2, 0.25) is 0 Å². The average Bonchev–Trinajstić information content (AvgIpc) is 1.90. The Morgan fingerprint density at radius 1 is 1.36 bits per heavy atom. The molecule has 1 saturated heterocycles. The van der Waals surface area contributed by atoms with Gasteiger partial charge in [-0.1, -0.05) is 0 Å². The molecule has 1 rings (SSSR count). The number of ether oxygens (including phenoxy) is 1. The van der Waals surface area contributed by atoms with Gasteiger partial charge in [-0.3, -0.25) is 9.59 Å². The lowest BCUT2D eigenvalue weighted by atomic mass is 10.0. The monoisotopic (exact) mass is 156 g/mol. The lowest BCUT2D eigenvalue weighted by Crippen LogP contribution is -2.25. The van der Waals surface area contributed by atoms with E-state index in [4.69, 9.17) is 4.74 Å². The van der Waals surface area contributed by atoms with Crippen molar-refractivity contribution in [2.75, 3.05) is 0 Å². The van der Waals surface area contributed by atoms with Gasteiger partial charge in [0.25, 0.3) is 0 Å². The van der Waals surface area contributed by atoms with Gasteiger partial charge in [-0.05, 0) is 20.3 Å². The molecule has 0 radical (unpaired) electrons. The van der Waals surface area contributed by atoms with Gasteiger partial charge < -0.3 is 4.74 Å². The van der Waals surface area contributed by atoms with Crippen LogP contribution in [0.15, 0.2) is 0 Å². The maximum Gasteiger partial charge on any atom is 0.313 e. The molecule has 3 nitrogen and oxygen atoms in total. The number of Topliss-reactive ketones (excluding diaryl/α,β-unsaturated/α-hetero) is 1. The predicted octanol–water partition coefficient (Wildman–Crippen LogP) is 1.06. The lowest BCUT2D eigenvalue weighted by Gasteiger charge is -2.21. The van der Waals surface area contributed by atoms with Crippen LogP contribution in [-0.2, 0) is 14.3 Å². The maximum absolute atomic E-state index is 10.9. The van der Waals surface area contributed by atoms with Crippen LogP contribution >= 0.6 is 0 Å². The summed E-state index contributed by atoms with van der Waals surface area (Å²) in [6.07, 6.45) is 1.04. The third-order valence-electron chi connectivity index (χ3n) is 1.74. The molecule has 62 valence electrons. The van der Waals surface area contributed by atoms with E-state index in [9.17, 15) is 9.59 Å². The van der Waals surface area contributed by atoms with E-state index in [1.54, 1.807) is 0 Å². The first-order chi connectivity index (χ1) is 4.99. The molecule has 0 aromatic rings. The molecule has 1 fully saturated rings. The average molecular weight is 156 g/mol. The summed E-state index contributed by atoms with van der Waals surface area (Å²) in [6, 6.07) is 0. The zero-order chi connectivity index (χ0) is 8.48. The number of ketones is 1. The minimum absolute atomic E-state index is 0.0134. The Labute approximate surface area is 65.7 Å². The minimum atomic E-state index is -0.455. The first-order valence-electron chi connectivity index (χ1n) is 3.73. The van der Waals surface area contributed by atoms with Crippen molar-refractivity contribution < 1.29 is 14.3 Å². The van der Waals surface area contributed by atoms with Crippen molar-refractivity contribution in [3.8, 4) is 0 Å². The van der Waals surface area contributed by atoms with Gasteiger partial charge in [-0.2, -0.15) is 0 Å². The van der Waals surface area contributed by atoms with E-state index in [1.165, 1.54) is 0 Å². The SMILES string of the molecule is CC1(C)CCC(=O)CC(=O)O1. The zero-order valence-electron chi connectivity index (χ0n) is 6.85. The summed E-state index contributed by atoms with van der Waals surface area (Å²) in [5.74, 6) is -0.405. The molecule has 0 unspecified atom stereocenters. The Bertz CT molecular complexity index is 194. The fourth-order valence-corrected chi connectivity index (χ4v) is 1.09. The lowest BCUT2D eigenvalue weighted by molar-refractivity contribution is -0.155. The van der Waals surface area contributed by atoms with Crippen LogP contribution in [0, 0.1) is 0 Å². The first-order valence-corrected chi connectivity index (χ1v) is 3.73. The Kier molecular flexibility index (Phi) is 1.98. The normalized spacial score (nSPS) is 24.2. The highest BCUT2D eigenvalue weighted by atomic mass is 16.6. The minimum Gasteiger partial charge on any atom is -0.459 e. The fourth-order valence-electron chi connectivity index (χ4n) is 1.09. The van der Waals surface area contributed by atoms with Crippen LogP contribution in [0.1, 0.15) is 33.1 Å². The van der Waals surface area contributed by atoms with Crippen molar-refractivity contribution in [3.05, 3.63) is 0 Å². The molecular formula is C8H12O3. The number of esters is 1. The third-order valence-corrected chi connectivity index (χ3v) is 1.74. The van der Waals surface area contributed by atoms with Crippen molar-refractivity contribution in [1.29, 1.82) is 0 Å². The molecule has 0 aromatic carbocycles. The highest BCUT2D eigenvalue weighted by Crippen LogP contribution is 2.21. The van der Waals surface area contributed by atoms with Gasteiger partial charge in [0.2, 0.25) is 0 Å². The van der Waals surface area contributed by atoms with Crippen LogP contribution < -0.4 is 0 Å². The second kappa shape index (κ2) is 2.64. The number of hydrogen-bond acceptors (Lipinski definition) is 3. The maximum atomic E-state index is 10.9. The van der Waals surface area contributed by atoms with Crippen molar-refractivity contribution in [1.82, 2.24) is 0 Å². The summed E-state index contributed by atoms with van der Waals surface area (Å²) in [4.78, 5) is 21.7. The quantitative estimate of drug-likeness (QED) is 0.389. The Hall–Kier alpha value is -0.860. The third kappa shape index (κ3) is 2.33. The zero-order valence-corrected chi connectivity index (χ0v) is 6.85. The number of rotatable bonds is 0. The summed E-state index contributed by atoms with van der Waals surface area (Å²) in [6.45, 7) is 3.65. The van der Waals surface area contributed by atoms with Crippen molar-refractivity contribution in [3.63, 3.8) is 0 Å². The van der Waals surface area contributed by atoms with Crippen molar-refractivity contribution in [2.24, 2.45) is 0 Å². The van der Waals surface area contributed by atoms with E-state index < -0.39 is 11.6 Å². The molecule has 0 aromatic heterocycles. The number of cyclic esters (lactones) is 1. The standard InChI is InChI=1S/C8H12O3/c1-8(2)4-3-6(9)5-7(10)11-8/h3-5H2,1-2H3. The van der Waals surface area contributed by atoms with Gasteiger partial charge in [-0.25, -0.2) is 0 Å². The first kappa shape index (κ1) is 8.24. The molecule has 0 amide bonds. The smallest absolute Gasteiger partial charge is 0.313 e. The molecule has 0 aliphatic carbocycles. The van der Waals surface area contributed by atoms with E-state index in [-0.39, 0.29) is 12.2 Å². The molecule has 0 N–H and O–H groups in total. The summed E-state index contributed by atoms with van der Waals surface area (Å²) >= 11 is 0. The molecular weight excluding hydrogens is 144 g/mol. The van der Waals surface area contributed by atoms with Crippen LogP contribution in [0.3, 0.4) is 0 Å². The van der Waals surface area contributed by atoms with Gasteiger partial charge in [0.05, 0.1) is 0 Å². The second-order valence-electron chi connectivity index (χ2n) is 3.45. The van der Waals surface area contributed by atoms with E-state index in [0.29, 0.717) is 12.8 Å². The van der Waals surface area contributed by atoms with Gasteiger partial charge in [0, 0.05) is 6.42 Å². The molecule has 0 bridgehead atoms. The highest BCUT2D eigenvalue weighted by molar-refractivity contribution is 5.96. The Morgan fingerprint density at radius 3 is 2.64 bits per heavy atom. The topological polar surface area (TPSA) is 43.4 Å². The Balaban J connectivity index is 2.68. The van der Waals surface area contributed by atoms with Gasteiger partial charge in [0.15, 0.2) is 0 Å². The Morgan fingerprint density at radius 2 is 2.00 bits per heavy atom. The molecule has 3 heteroatoms. The molecule has 0 saturated carbocycles. The fraction of sp³-hybridized carbons (Fsp3) is 0.750. The molecule has 0 atom stereocenters. The van der Waals surface area contributed by atoms with Crippen molar-refractivity contribution in [2.45, 2.75) is 38.7 Å². The molecule has 1 aliphatic heterocycles. The molecule has 1 heterocycles. The number of carbonyl (C=O) groups is 2. The highest BCUT2D eigenvalue weighted by Gasteiger charge is 2.28. The van der Waals surface area contributed by atoms with Crippen LogP contribution in [0.4, 0.5) is 0 Å². The van der Waals surface area contributed by atoms with E-state index in [0.717, 1.165) is 0 Å². The van der Waals surface area contributed by atoms with E-state index >= 15 is 0 Å². The summed E-state index contributed by atoms with van der Waals surface area (Å²) in [5.41, 5.74) is -0.455. The van der Waals surface area contributed by atoms with Crippen LogP contribution in [-0.4, -0.2) is 17.4 Å².